The highest BCUT2D eigenvalue weighted by molar-refractivity contribution is 9.10. The Balaban J connectivity index is 1.65. The van der Waals surface area contributed by atoms with Crippen molar-refractivity contribution in [3.63, 3.8) is 0 Å². The Hall–Kier alpha value is -2.23. The molecule has 0 saturated carbocycles. The van der Waals surface area contributed by atoms with E-state index in [9.17, 15) is 18.0 Å². The van der Waals surface area contributed by atoms with Crippen LogP contribution in [0.2, 0.25) is 0 Å². The van der Waals surface area contributed by atoms with Crippen molar-refractivity contribution < 1.29 is 22.7 Å². The summed E-state index contributed by atoms with van der Waals surface area (Å²) in [5.41, 5.74) is 1.12. The van der Waals surface area contributed by atoms with Crippen molar-refractivity contribution in [2.75, 3.05) is 31.6 Å². The van der Waals surface area contributed by atoms with Crippen LogP contribution in [0.5, 0.6) is 0 Å². The molecular weight excluding hydrogens is 484 g/mol. The number of carbonyl (C=O) groups excluding carboxylic acids is 2. The number of nitrogens with zero attached hydrogens (tertiary/aromatic N) is 1. The Labute approximate surface area is 191 Å². The number of ether oxygens (including phenoxy) is 1. The molecule has 7 nitrogen and oxygen atoms in total. The number of rotatable bonds is 8. The lowest BCUT2D eigenvalue weighted by atomic mass is 9.98. The number of hydrogen-bond donors (Lipinski definition) is 1. The second-order valence-corrected chi connectivity index (χ2v) is 10.1. The first-order valence-corrected chi connectivity index (χ1v) is 12.3. The molecule has 1 N–H and O–H groups in total. The minimum atomic E-state index is -3.75. The van der Waals surface area contributed by atoms with Gasteiger partial charge in [0.05, 0.1) is 24.0 Å². The van der Waals surface area contributed by atoms with Crippen molar-refractivity contribution in [3.05, 3.63) is 58.6 Å². The zero-order valence-electron chi connectivity index (χ0n) is 17.2. The number of nitrogens with one attached hydrogen (secondary N) is 1. The number of ketones is 1. The van der Waals surface area contributed by atoms with Crippen molar-refractivity contribution in [3.8, 4) is 0 Å². The van der Waals surface area contributed by atoms with Gasteiger partial charge in [0.2, 0.25) is 10.0 Å². The van der Waals surface area contributed by atoms with Crippen LogP contribution in [-0.2, 0) is 19.6 Å². The summed E-state index contributed by atoms with van der Waals surface area (Å²) in [6.45, 7) is 2.61. The van der Waals surface area contributed by atoms with E-state index in [0.29, 0.717) is 25.0 Å². The molecule has 3 rings (SSSR count). The fourth-order valence-electron chi connectivity index (χ4n) is 3.42. The highest BCUT2D eigenvalue weighted by atomic mass is 79.9. The number of hydrogen-bond acceptors (Lipinski definition) is 6. The van der Waals surface area contributed by atoms with Crippen LogP contribution < -0.4 is 5.32 Å². The third-order valence-electron chi connectivity index (χ3n) is 5.16. The molecule has 1 aliphatic heterocycles. The zero-order valence-corrected chi connectivity index (χ0v) is 19.6. The van der Waals surface area contributed by atoms with Gasteiger partial charge in [-0.25, -0.2) is 8.42 Å². The average molecular weight is 509 g/mol. The molecule has 0 atom stereocenters. The first-order chi connectivity index (χ1) is 14.8. The molecule has 0 radical (unpaired) electrons. The minimum Gasteiger partial charge on any atom is -0.466 e. The topological polar surface area (TPSA) is 92.8 Å². The lowest BCUT2D eigenvalue weighted by molar-refractivity contribution is -0.149. The van der Waals surface area contributed by atoms with Gasteiger partial charge in [-0.15, -0.1) is 0 Å². The van der Waals surface area contributed by atoms with Crippen LogP contribution in [0.25, 0.3) is 0 Å². The highest BCUT2D eigenvalue weighted by Gasteiger charge is 2.32. The van der Waals surface area contributed by atoms with E-state index in [-0.39, 0.29) is 42.2 Å². The van der Waals surface area contributed by atoms with Gasteiger partial charge in [-0.05, 0) is 56.2 Å². The Morgan fingerprint density at radius 3 is 2.45 bits per heavy atom. The van der Waals surface area contributed by atoms with Gasteiger partial charge in [0.25, 0.3) is 0 Å². The molecule has 1 heterocycles. The lowest BCUT2D eigenvalue weighted by Crippen LogP contribution is -2.40. The minimum absolute atomic E-state index is 0.0517. The maximum Gasteiger partial charge on any atom is 0.309 e. The normalized spacial score (nSPS) is 15.4. The van der Waals surface area contributed by atoms with E-state index in [1.165, 1.54) is 16.4 Å². The van der Waals surface area contributed by atoms with Gasteiger partial charge in [-0.2, -0.15) is 4.31 Å². The molecule has 0 bridgehead atoms. The van der Waals surface area contributed by atoms with Crippen molar-refractivity contribution in [2.24, 2.45) is 5.92 Å². The SMILES string of the molecule is CCOC(=O)C1CCN(S(=O)(=O)c2cccc(C(=O)CNc3ccc(Br)cc3)c2)CC1. The number of esters is 1. The molecule has 0 unspecified atom stereocenters. The summed E-state index contributed by atoms with van der Waals surface area (Å²) in [5.74, 6) is -0.754. The second-order valence-electron chi connectivity index (χ2n) is 7.24. The quantitative estimate of drug-likeness (QED) is 0.431. The highest BCUT2D eigenvalue weighted by Crippen LogP contribution is 2.25. The monoisotopic (exact) mass is 508 g/mol. The van der Waals surface area contributed by atoms with Crippen LogP contribution in [0.15, 0.2) is 57.9 Å². The molecular formula is C22H25BrN2O5S. The smallest absolute Gasteiger partial charge is 0.309 e. The number of piperidine rings is 1. The van der Waals surface area contributed by atoms with Crippen molar-refractivity contribution in [1.29, 1.82) is 0 Å². The van der Waals surface area contributed by atoms with Crippen LogP contribution in [0.1, 0.15) is 30.1 Å². The Bertz CT molecular complexity index is 1030. The summed E-state index contributed by atoms with van der Waals surface area (Å²) in [6, 6.07) is 13.5. The van der Waals surface area contributed by atoms with E-state index in [4.69, 9.17) is 4.74 Å². The molecule has 0 aromatic heterocycles. The second kappa shape index (κ2) is 10.4. The van der Waals surface area contributed by atoms with Crippen molar-refractivity contribution >= 4 is 43.4 Å². The molecule has 0 spiro atoms. The number of Topliss-reactive ketones (excluding diaryl/α,β-unsaturated/α-hetero) is 1. The standard InChI is InChI=1S/C22H25BrN2O5S/c1-2-30-22(27)16-10-12-25(13-11-16)31(28,29)20-5-3-4-17(14-20)21(26)15-24-19-8-6-18(23)7-9-19/h3-9,14,16,24H,2,10-13,15H2,1H3. The van der Waals surface area contributed by atoms with E-state index < -0.39 is 10.0 Å². The van der Waals surface area contributed by atoms with Gasteiger partial charge in [0, 0.05) is 28.8 Å². The average Bonchev–Trinajstić information content (AvgIpc) is 2.79. The van der Waals surface area contributed by atoms with Crippen LogP contribution >= 0.6 is 15.9 Å². The van der Waals surface area contributed by atoms with Crippen LogP contribution in [-0.4, -0.2) is 50.7 Å². The van der Waals surface area contributed by atoms with Crippen LogP contribution in [0.3, 0.4) is 0 Å². The zero-order chi connectivity index (χ0) is 22.4. The molecule has 0 amide bonds. The molecule has 1 aliphatic rings. The van der Waals surface area contributed by atoms with Gasteiger partial charge in [0.15, 0.2) is 5.78 Å². The molecule has 2 aromatic rings. The van der Waals surface area contributed by atoms with Crippen molar-refractivity contribution in [1.82, 2.24) is 4.31 Å². The maximum atomic E-state index is 13.1. The Kier molecular flexibility index (Phi) is 7.85. The molecule has 0 aliphatic carbocycles. The van der Waals surface area contributed by atoms with E-state index in [2.05, 4.69) is 21.2 Å². The lowest BCUT2D eigenvalue weighted by Gasteiger charge is -2.30. The summed E-state index contributed by atoms with van der Waals surface area (Å²) in [7, 11) is -3.75. The number of anilines is 1. The molecule has 166 valence electrons. The first kappa shape index (κ1) is 23.4. The molecule has 1 saturated heterocycles. The van der Waals surface area contributed by atoms with Gasteiger partial charge >= 0.3 is 5.97 Å². The predicted molar refractivity (Wildman–Crippen MR) is 122 cm³/mol. The van der Waals surface area contributed by atoms with E-state index in [1.807, 2.05) is 24.3 Å². The van der Waals surface area contributed by atoms with Gasteiger partial charge in [0.1, 0.15) is 0 Å². The van der Waals surface area contributed by atoms with Gasteiger partial charge < -0.3 is 10.1 Å². The summed E-state index contributed by atoms with van der Waals surface area (Å²) >= 11 is 3.36. The number of sulfonamides is 1. The first-order valence-electron chi connectivity index (χ1n) is 10.1. The maximum absolute atomic E-state index is 13.1. The third-order valence-corrected chi connectivity index (χ3v) is 7.59. The van der Waals surface area contributed by atoms with Crippen LogP contribution in [0, 0.1) is 5.92 Å². The molecule has 31 heavy (non-hydrogen) atoms. The number of carbonyl (C=O) groups is 2. The van der Waals surface area contributed by atoms with E-state index in [1.54, 1.807) is 19.1 Å². The van der Waals surface area contributed by atoms with Crippen LogP contribution in [0.4, 0.5) is 5.69 Å². The Morgan fingerprint density at radius 1 is 1.13 bits per heavy atom. The molecule has 1 fully saturated rings. The van der Waals surface area contributed by atoms with Gasteiger partial charge in [-0.1, -0.05) is 28.1 Å². The largest absolute Gasteiger partial charge is 0.466 e. The van der Waals surface area contributed by atoms with E-state index >= 15 is 0 Å². The molecule has 2 aromatic carbocycles. The molecule has 9 heteroatoms. The van der Waals surface area contributed by atoms with Crippen molar-refractivity contribution in [2.45, 2.75) is 24.7 Å². The summed E-state index contributed by atoms with van der Waals surface area (Å²) in [4.78, 5) is 24.6. The summed E-state index contributed by atoms with van der Waals surface area (Å²) in [5, 5.41) is 3.04. The third kappa shape index (κ3) is 5.93. The number of halogens is 1. The summed E-state index contributed by atoms with van der Waals surface area (Å²) in [6.07, 6.45) is 0.849. The Morgan fingerprint density at radius 2 is 1.81 bits per heavy atom. The summed E-state index contributed by atoms with van der Waals surface area (Å²) < 4.78 is 33.5. The fourth-order valence-corrected chi connectivity index (χ4v) is 5.20. The van der Waals surface area contributed by atoms with Gasteiger partial charge in [-0.3, -0.25) is 9.59 Å². The number of benzene rings is 2. The predicted octanol–water partition coefficient (Wildman–Crippen LogP) is 3.71. The van der Waals surface area contributed by atoms with E-state index in [0.717, 1.165) is 10.2 Å². The fraction of sp³-hybridized carbons (Fsp3) is 0.364.